The fourth-order valence-electron chi connectivity index (χ4n) is 1.75. The Balaban J connectivity index is 1.83. The molecule has 5 heteroatoms. The van der Waals surface area contributed by atoms with Crippen LogP contribution in [-0.4, -0.2) is 37.6 Å². The fraction of sp³-hybridized carbons (Fsp3) is 0.500. The number of carbonyl (C=O) groups excluding carboxylic acids is 1. The third-order valence-corrected chi connectivity index (χ3v) is 3.50. The first-order valence-corrected chi connectivity index (χ1v) is 6.84. The van der Waals surface area contributed by atoms with Gasteiger partial charge in [0.25, 0.3) is 5.91 Å². The lowest BCUT2D eigenvalue weighted by Gasteiger charge is -2.18. The predicted octanol–water partition coefficient (Wildman–Crippen LogP) is 2.42. The summed E-state index contributed by atoms with van der Waals surface area (Å²) in [6, 6.07) is 4.92. The van der Waals surface area contributed by atoms with E-state index in [9.17, 15) is 4.79 Å². The van der Waals surface area contributed by atoms with Gasteiger partial charge >= 0.3 is 0 Å². The molecule has 1 saturated carbocycles. The van der Waals surface area contributed by atoms with E-state index in [-0.39, 0.29) is 5.91 Å². The minimum Gasteiger partial charge on any atom is -0.399 e. The molecule has 1 aliphatic rings. The minimum atomic E-state index is -0.111. The Bertz CT molecular complexity index is 461. The molecule has 0 bridgehead atoms. The Hall–Kier alpha value is -1.26. The van der Waals surface area contributed by atoms with Crippen molar-refractivity contribution < 1.29 is 9.53 Å². The summed E-state index contributed by atoms with van der Waals surface area (Å²) in [5.41, 5.74) is 6.63. The number of anilines is 1. The molecule has 2 N–H and O–H groups in total. The van der Waals surface area contributed by atoms with Crippen LogP contribution in [0.15, 0.2) is 18.2 Å². The summed E-state index contributed by atoms with van der Waals surface area (Å²) < 4.78 is 5.52. The average Bonchev–Trinajstić information content (AvgIpc) is 3.17. The van der Waals surface area contributed by atoms with Gasteiger partial charge in [0.2, 0.25) is 0 Å². The first-order valence-electron chi connectivity index (χ1n) is 6.46. The van der Waals surface area contributed by atoms with Gasteiger partial charge in [-0.3, -0.25) is 4.79 Å². The normalized spacial score (nSPS) is 14.4. The zero-order valence-electron chi connectivity index (χ0n) is 11.1. The molecule has 0 spiro atoms. The molecule has 0 radical (unpaired) electrons. The number of benzene rings is 1. The second-order valence-electron chi connectivity index (χ2n) is 4.98. The summed E-state index contributed by atoms with van der Waals surface area (Å²) in [6.45, 7) is 1.93. The summed E-state index contributed by atoms with van der Waals surface area (Å²) in [5.74, 6) is 0.632. The molecule has 1 aliphatic carbocycles. The van der Waals surface area contributed by atoms with Gasteiger partial charge in [0.15, 0.2) is 0 Å². The van der Waals surface area contributed by atoms with Crippen molar-refractivity contribution >= 4 is 23.2 Å². The number of hydrogen-bond donors (Lipinski definition) is 1. The Kier molecular flexibility index (Phi) is 4.66. The molecular weight excluding hydrogens is 264 g/mol. The van der Waals surface area contributed by atoms with Gasteiger partial charge in [-0.05, 0) is 37.0 Å². The molecular formula is C14H19ClN2O2. The zero-order valence-corrected chi connectivity index (χ0v) is 11.8. The van der Waals surface area contributed by atoms with Crippen molar-refractivity contribution in [1.29, 1.82) is 0 Å². The van der Waals surface area contributed by atoms with Crippen LogP contribution in [0.1, 0.15) is 23.2 Å². The van der Waals surface area contributed by atoms with Crippen molar-refractivity contribution in [2.24, 2.45) is 5.92 Å². The van der Waals surface area contributed by atoms with E-state index in [1.807, 2.05) is 0 Å². The van der Waals surface area contributed by atoms with E-state index in [1.165, 1.54) is 12.8 Å². The van der Waals surface area contributed by atoms with Gasteiger partial charge in [0.1, 0.15) is 0 Å². The lowest BCUT2D eigenvalue weighted by Crippen LogP contribution is -2.30. The van der Waals surface area contributed by atoms with Crippen LogP contribution in [0.2, 0.25) is 5.02 Å². The zero-order chi connectivity index (χ0) is 13.8. The van der Waals surface area contributed by atoms with Crippen molar-refractivity contribution in [1.82, 2.24) is 4.90 Å². The molecule has 0 unspecified atom stereocenters. The standard InChI is InChI=1S/C14H19ClN2O2/c1-17(6-7-19-9-10-2-3-10)14(18)12-5-4-11(16)8-13(12)15/h4-5,8,10H,2-3,6-7,9,16H2,1H3. The van der Waals surface area contributed by atoms with Crippen molar-refractivity contribution in [3.8, 4) is 0 Å². The van der Waals surface area contributed by atoms with Gasteiger partial charge in [-0.25, -0.2) is 0 Å². The Morgan fingerprint density at radius 2 is 2.26 bits per heavy atom. The highest BCUT2D eigenvalue weighted by Crippen LogP contribution is 2.28. The smallest absolute Gasteiger partial charge is 0.255 e. The number of rotatable bonds is 6. The molecule has 1 fully saturated rings. The highest BCUT2D eigenvalue weighted by atomic mass is 35.5. The molecule has 0 heterocycles. The molecule has 0 aliphatic heterocycles. The fourth-order valence-corrected chi connectivity index (χ4v) is 2.02. The van der Waals surface area contributed by atoms with E-state index in [4.69, 9.17) is 22.1 Å². The Morgan fingerprint density at radius 1 is 1.53 bits per heavy atom. The highest BCUT2D eigenvalue weighted by Gasteiger charge is 2.21. The maximum atomic E-state index is 12.2. The van der Waals surface area contributed by atoms with Crippen LogP contribution in [0.5, 0.6) is 0 Å². The van der Waals surface area contributed by atoms with Gasteiger partial charge < -0.3 is 15.4 Å². The third kappa shape index (κ3) is 4.11. The first kappa shape index (κ1) is 14.2. The van der Waals surface area contributed by atoms with Crippen LogP contribution in [0, 0.1) is 5.92 Å². The maximum Gasteiger partial charge on any atom is 0.255 e. The molecule has 104 valence electrons. The monoisotopic (exact) mass is 282 g/mol. The lowest BCUT2D eigenvalue weighted by molar-refractivity contribution is 0.0681. The third-order valence-electron chi connectivity index (χ3n) is 3.19. The van der Waals surface area contributed by atoms with Crippen LogP contribution in [-0.2, 0) is 4.74 Å². The van der Waals surface area contributed by atoms with E-state index < -0.39 is 0 Å². The average molecular weight is 283 g/mol. The van der Waals surface area contributed by atoms with E-state index >= 15 is 0 Å². The number of carbonyl (C=O) groups is 1. The topological polar surface area (TPSA) is 55.6 Å². The molecule has 1 amide bonds. The van der Waals surface area contributed by atoms with Crippen LogP contribution in [0.4, 0.5) is 5.69 Å². The number of likely N-dealkylation sites (N-methyl/N-ethyl adjacent to an activating group) is 1. The van der Waals surface area contributed by atoms with Gasteiger partial charge in [-0.2, -0.15) is 0 Å². The van der Waals surface area contributed by atoms with E-state index in [2.05, 4.69) is 0 Å². The lowest BCUT2D eigenvalue weighted by atomic mass is 10.2. The van der Waals surface area contributed by atoms with Crippen molar-refractivity contribution in [2.45, 2.75) is 12.8 Å². The Morgan fingerprint density at radius 3 is 2.89 bits per heavy atom. The second kappa shape index (κ2) is 6.26. The molecule has 0 atom stereocenters. The minimum absolute atomic E-state index is 0.111. The van der Waals surface area contributed by atoms with Gasteiger partial charge in [-0.15, -0.1) is 0 Å². The molecule has 2 rings (SSSR count). The molecule has 1 aromatic carbocycles. The van der Waals surface area contributed by atoms with Crippen LogP contribution < -0.4 is 5.73 Å². The van der Waals surface area contributed by atoms with Gasteiger partial charge in [-0.1, -0.05) is 11.6 Å². The van der Waals surface area contributed by atoms with Crippen molar-refractivity contribution in [2.75, 3.05) is 32.5 Å². The summed E-state index contributed by atoms with van der Waals surface area (Å²) in [7, 11) is 1.75. The molecule has 19 heavy (non-hydrogen) atoms. The van der Waals surface area contributed by atoms with Crippen LogP contribution >= 0.6 is 11.6 Å². The van der Waals surface area contributed by atoms with Crippen molar-refractivity contribution in [3.05, 3.63) is 28.8 Å². The molecule has 1 aromatic rings. The second-order valence-corrected chi connectivity index (χ2v) is 5.39. The largest absolute Gasteiger partial charge is 0.399 e. The van der Waals surface area contributed by atoms with E-state index in [0.717, 1.165) is 12.5 Å². The summed E-state index contributed by atoms with van der Waals surface area (Å²) in [6.07, 6.45) is 2.55. The summed E-state index contributed by atoms with van der Waals surface area (Å²) in [5, 5.41) is 0.385. The van der Waals surface area contributed by atoms with Gasteiger partial charge in [0.05, 0.1) is 17.2 Å². The number of amides is 1. The van der Waals surface area contributed by atoms with Gasteiger partial charge in [0, 0.05) is 25.9 Å². The number of ether oxygens (including phenoxy) is 1. The van der Waals surface area contributed by atoms with E-state index in [0.29, 0.717) is 29.4 Å². The van der Waals surface area contributed by atoms with Crippen LogP contribution in [0.25, 0.3) is 0 Å². The molecule has 0 aromatic heterocycles. The van der Waals surface area contributed by atoms with Crippen LogP contribution in [0.3, 0.4) is 0 Å². The number of halogens is 1. The first-order chi connectivity index (χ1) is 9.08. The highest BCUT2D eigenvalue weighted by molar-refractivity contribution is 6.34. The van der Waals surface area contributed by atoms with Crippen molar-refractivity contribution in [3.63, 3.8) is 0 Å². The summed E-state index contributed by atoms with van der Waals surface area (Å²) in [4.78, 5) is 13.8. The quantitative estimate of drug-likeness (QED) is 0.644. The molecule has 0 saturated heterocycles. The molecule has 4 nitrogen and oxygen atoms in total. The Labute approximate surface area is 118 Å². The summed E-state index contributed by atoms with van der Waals surface area (Å²) >= 11 is 6.02. The maximum absolute atomic E-state index is 12.2. The number of nitrogens with two attached hydrogens (primary N) is 1. The predicted molar refractivity (Wildman–Crippen MR) is 76.4 cm³/mol. The SMILES string of the molecule is CN(CCOCC1CC1)C(=O)c1ccc(N)cc1Cl. The number of nitrogens with zero attached hydrogens (tertiary/aromatic N) is 1. The number of nitrogen functional groups attached to an aromatic ring is 1. The van der Waals surface area contributed by atoms with E-state index in [1.54, 1.807) is 30.1 Å². The number of hydrogen-bond acceptors (Lipinski definition) is 3.